The van der Waals surface area contributed by atoms with Crippen molar-refractivity contribution in [1.29, 1.82) is 0 Å². The molecule has 0 heterocycles. The molecule has 2 fully saturated rings. The van der Waals surface area contributed by atoms with Crippen molar-refractivity contribution in [2.45, 2.75) is 63.9 Å². The van der Waals surface area contributed by atoms with Gasteiger partial charge >= 0.3 is 0 Å². The summed E-state index contributed by atoms with van der Waals surface area (Å²) in [6.07, 6.45) is 5.68. The van der Waals surface area contributed by atoms with Gasteiger partial charge in [-0.05, 0) is 44.6 Å². The Bertz CT molecular complexity index is 277. The fraction of sp³-hybridized carbons (Fsp3) is 1.00. The summed E-state index contributed by atoms with van der Waals surface area (Å²) in [6, 6.07) is 0.426. The fourth-order valence-corrected chi connectivity index (χ4v) is 3.72. The van der Waals surface area contributed by atoms with E-state index in [1.807, 2.05) is 7.05 Å². The molecule has 2 aliphatic carbocycles. The first-order valence-electron chi connectivity index (χ1n) is 8.07. The van der Waals surface area contributed by atoms with Gasteiger partial charge < -0.3 is 19.5 Å². The van der Waals surface area contributed by atoms with Gasteiger partial charge in [-0.15, -0.1) is 0 Å². The first kappa shape index (κ1) is 16.2. The molecule has 0 aromatic rings. The van der Waals surface area contributed by atoms with E-state index in [0.717, 1.165) is 18.3 Å². The van der Waals surface area contributed by atoms with Crippen molar-refractivity contribution in [2.24, 2.45) is 11.8 Å². The molecule has 4 nitrogen and oxygen atoms in total. The smallest absolute Gasteiger partial charge is 0.0991 e. The number of nitrogens with one attached hydrogen (secondary N) is 1. The number of hydrogen-bond donors (Lipinski definition) is 1. The molecule has 0 saturated heterocycles. The van der Waals surface area contributed by atoms with Gasteiger partial charge in [-0.2, -0.15) is 0 Å². The summed E-state index contributed by atoms with van der Waals surface area (Å²) in [7, 11) is 3.71. The molecule has 2 rings (SSSR count). The van der Waals surface area contributed by atoms with Crippen molar-refractivity contribution in [3.05, 3.63) is 0 Å². The zero-order valence-electron chi connectivity index (χ0n) is 13.4. The second kappa shape index (κ2) is 7.74. The minimum atomic E-state index is 0.183. The maximum absolute atomic E-state index is 6.34. The maximum atomic E-state index is 6.34. The molecule has 1 N–H and O–H groups in total. The Morgan fingerprint density at radius 2 is 1.70 bits per heavy atom. The Balaban J connectivity index is 1.79. The molecular formula is C16H31NO3. The van der Waals surface area contributed by atoms with Gasteiger partial charge in [0.15, 0.2) is 0 Å². The third-order valence-corrected chi connectivity index (χ3v) is 4.72. The Morgan fingerprint density at radius 1 is 1.00 bits per heavy atom. The highest BCUT2D eigenvalue weighted by molar-refractivity contribution is 4.97. The van der Waals surface area contributed by atoms with E-state index < -0.39 is 0 Å². The average molecular weight is 285 g/mol. The van der Waals surface area contributed by atoms with E-state index in [4.69, 9.17) is 14.2 Å². The van der Waals surface area contributed by atoms with Gasteiger partial charge in [-0.3, -0.25) is 0 Å². The van der Waals surface area contributed by atoms with Gasteiger partial charge in [0.2, 0.25) is 0 Å². The molecule has 0 aromatic carbocycles. The highest BCUT2D eigenvalue weighted by atomic mass is 16.6. The first-order chi connectivity index (χ1) is 9.63. The van der Waals surface area contributed by atoms with Crippen LogP contribution in [0.4, 0.5) is 0 Å². The van der Waals surface area contributed by atoms with Crippen LogP contribution in [0.2, 0.25) is 0 Å². The van der Waals surface area contributed by atoms with Crippen molar-refractivity contribution in [3.8, 4) is 0 Å². The lowest BCUT2D eigenvalue weighted by atomic mass is 9.80. The lowest BCUT2D eigenvalue weighted by Crippen LogP contribution is -2.60. The molecule has 2 aliphatic rings. The Hall–Kier alpha value is -0.160. The van der Waals surface area contributed by atoms with E-state index in [-0.39, 0.29) is 12.2 Å². The van der Waals surface area contributed by atoms with Crippen molar-refractivity contribution in [1.82, 2.24) is 5.32 Å². The molecule has 20 heavy (non-hydrogen) atoms. The van der Waals surface area contributed by atoms with E-state index in [2.05, 4.69) is 19.2 Å². The summed E-state index contributed by atoms with van der Waals surface area (Å²) in [6.45, 7) is 5.99. The lowest BCUT2D eigenvalue weighted by Gasteiger charge is -2.46. The van der Waals surface area contributed by atoms with Crippen LogP contribution in [0, 0.1) is 11.8 Å². The zero-order chi connectivity index (χ0) is 14.5. The van der Waals surface area contributed by atoms with Crippen LogP contribution in [0.3, 0.4) is 0 Å². The molecule has 2 saturated carbocycles. The quantitative estimate of drug-likeness (QED) is 0.728. The van der Waals surface area contributed by atoms with Crippen LogP contribution in [0.15, 0.2) is 0 Å². The molecule has 0 bridgehead atoms. The van der Waals surface area contributed by atoms with Gasteiger partial charge in [0, 0.05) is 13.2 Å². The summed E-state index contributed by atoms with van der Waals surface area (Å²) in [5.41, 5.74) is 0. The normalized spacial score (nSPS) is 41.4. The molecule has 118 valence electrons. The molecule has 5 atom stereocenters. The summed E-state index contributed by atoms with van der Waals surface area (Å²) in [4.78, 5) is 0. The molecule has 0 aromatic heterocycles. The van der Waals surface area contributed by atoms with Crippen LogP contribution in [0.25, 0.3) is 0 Å². The largest absolute Gasteiger partial charge is 0.382 e. The SMILES string of the molecule is CNC1CC(OC2CC(C)CC(C)C2)C1OCCOC. The second-order valence-electron chi connectivity index (χ2n) is 6.67. The van der Waals surface area contributed by atoms with Gasteiger partial charge in [-0.25, -0.2) is 0 Å². The predicted octanol–water partition coefficient (Wildman–Crippen LogP) is 2.22. The minimum Gasteiger partial charge on any atom is -0.382 e. The Kier molecular flexibility index (Phi) is 6.27. The van der Waals surface area contributed by atoms with Crippen LogP contribution in [0.1, 0.15) is 39.5 Å². The van der Waals surface area contributed by atoms with E-state index in [9.17, 15) is 0 Å². The molecule has 0 spiro atoms. The molecule has 0 amide bonds. The number of ether oxygens (including phenoxy) is 3. The topological polar surface area (TPSA) is 39.7 Å². The van der Waals surface area contributed by atoms with E-state index >= 15 is 0 Å². The minimum absolute atomic E-state index is 0.183. The molecule has 4 heteroatoms. The monoisotopic (exact) mass is 285 g/mol. The van der Waals surface area contributed by atoms with Crippen LogP contribution in [0.5, 0.6) is 0 Å². The number of hydrogen-bond acceptors (Lipinski definition) is 4. The van der Waals surface area contributed by atoms with Gasteiger partial charge in [-0.1, -0.05) is 13.8 Å². The van der Waals surface area contributed by atoms with Crippen LogP contribution in [-0.4, -0.2) is 51.7 Å². The average Bonchev–Trinajstić information content (AvgIpc) is 2.38. The van der Waals surface area contributed by atoms with Crippen LogP contribution >= 0.6 is 0 Å². The van der Waals surface area contributed by atoms with Crippen molar-refractivity contribution >= 4 is 0 Å². The number of rotatable bonds is 7. The number of methoxy groups -OCH3 is 1. The molecule has 5 unspecified atom stereocenters. The molecule has 0 aliphatic heterocycles. The summed E-state index contributed by atoms with van der Waals surface area (Å²) >= 11 is 0. The first-order valence-corrected chi connectivity index (χ1v) is 8.07. The van der Waals surface area contributed by atoms with E-state index in [0.29, 0.717) is 25.4 Å². The van der Waals surface area contributed by atoms with Gasteiger partial charge in [0.1, 0.15) is 0 Å². The van der Waals surface area contributed by atoms with Crippen molar-refractivity contribution in [3.63, 3.8) is 0 Å². The predicted molar refractivity (Wildman–Crippen MR) is 79.9 cm³/mol. The van der Waals surface area contributed by atoms with E-state index in [1.54, 1.807) is 7.11 Å². The fourth-order valence-electron chi connectivity index (χ4n) is 3.72. The molecular weight excluding hydrogens is 254 g/mol. The van der Waals surface area contributed by atoms with Crippen molar-refractivity contribution < 1.29 is 14.2 Å². The second-order valence-corrected chi connectivity index (χ2v) is 6.67. The molecule has 0 radical (unpaired) electrons. The highest BCUT2D eigenvalue weighted by Gasteiger charge is 2.43. The third kappa shape index (κ3) is 4.17. The standard InChI is InChI=1S/C16H31NO3/c1-11-7-12(2)9-13(8-11)20-15-10-14(17-3)16(15)19-6-5-18-4/h11-17H,5-10H2,1-4H3. The van der Waals surface area contributed by atoms with Crippen LogP contribution in [-0.2, 0) is 14.2 Å². The van der Waals surface area contributed by atoms with Crippen LogP contribution < -0.4 is 5.32 Å². The summed E-state index contributed by atoms with van der Waals surface area (Å²) in [5, 5.41) is 3.32. The Morgan fingerprint density at radius 3 is 2.30 bits per heavy atom. The lowest BCUT2D eigenvalue weighted by molar-refractivity contribution is -0.179. The van der Waals surface area contributed by atoms with E-state index in [1.165, 1.54) is 19.3 Å². The Labute approximate surface area is 123 Å². The third-order valence-electron chi connectivity index (χ3n) is 4.72. The highest BCUT2D eigenvalue weighted by Crippen LogP contribution is 2.35. The summed E-state index contributed by atoms with van der Waals surface area (Å²) in [5.74, 6) is 1.58. The maximum Gasteiger partial charge on any atom is 0.0991 e. The van der Waals surface area contributed by atoms with Crippen molar-refractivity contribution in [2.75, 3.05) is 27.4 Å². The zero-order valence-corrected chi connectivity index (χ0v) is 13.4. The number of likely N-dealkylation sites (N-methyl/N-ethyl adjacent to an activating group) is 1. The van der Waals surface area contributed by atoms with Gasteiger partial charge in [0.25, 0.3) is 0 Å². The summed E-state index contributed by atoms with van der Waals surface area (Å²) < 4.78 is 17.3. The van der Waals surface area contributed by atoms with Gasteiger partial charge in [0.05, 0.1) is 31.5 Å².